The molecule has 16 nitrogen and oxygen atoms in total. The lowest BCUT2D eigenvalue weighted by Gasteiger charge is -2.35. The van der Waals surface area contributed by atoms with E-state index in [2.05, 4.69) is 15.4 Å². The minimum absolute atomic E-state index is 0.0850. The zero-order valence-corrected chi connectivity index (χ0v) is 31.4. The molecule has 0 aromatic heterocycles. The maximum Gasteiger partial charge on any atom is 0.410 e. The zero-order chi connectivity index (χ0) is 37.9. The number of fused-ring (bicyclic) bond motifs is 2. The molecule has 1 unspecified atom stereocenters. The van der Waals surface area contributed by atoms with Crippen molar-refractivity contribution in [2.75, 3.05) is 13.3 Å². The van der Waals surface area contributed by atoms with Crippen LogP contribution < -0.4 is 24.8 Å². The highest BCUT2D eigenvalue weighted by molar-refractivity contribution is 7.91. The fourth-order valence-electron chi connectivity index (χ4n) is 7.93. The van der Waals surface area contributed by atoms with E-state index in [1.165, 1.54) is 9.80 Å². The molecular weight excluding hydrogens is 710 g/mol. The SMILES string of the molecule is CC[C@H]1C[C@@]1(NC(=O)C1C[C@@H](OC(=O)N2Cc3cc4c(cc3C2)OCO4)CN1C(=O)[C@@H](NC(=O)OC1CCCC1)C(C)(C)C)C(=O)NS(=O)(=O)C1CC1. The van der Waals surface area contributed by atoms with Gasteiger partial charge in [-0.1, -0.05) is 34.1 Å². The smallest absolute Gasteiger partial charge is 0.410 e. The van der Waals surface area contributed by atoms with Gasteiger partial charge < -0.3 is 34.5 Å². The van der Waals surface area contributed by atoms with Crippen LogP contribution in [-0.2, 0) is 47.0 Å². The molecule has 3 aliphatic carbocycles. The van der Waals surface area contributed by atoms with Crippen LogP contribution >= 0.6 is 0 Å². The lowest BCUT2D eigenvalue weighted by Crippen LogP contribution is -2.60. The Bertz CT molecular complexity index is 1750. The Kier molecular flexibility index (Phi) is 9.68. The van der Waals surface area contributed by atoms with Gasteiger partial charge in [-0.3, -0.25) is 24.0 Å². The Morgan fingerprint density at radius 1 is 0.962 bits per heavy atom. The van der Waals surface area contributed by atoms with Gasteiger partial charge in [0.25, 0.3) is 5.91 Å². The number of benzene rings is 1. The molecule has 3 N–H and O–H groups in total. The molecule has 7 rings (SSSR count). The summed E-state index contributed by atoms with van der Waals surface area (Å²) in [6.45, 7) is 7.69. The third kappa shape index (κ3) is 7.58. The number of alkyl carbamates (subject to hydrolysis) is 1. The van der Waals surface area contributed by atoms with E-state index in [1.54, 1.807) is 20.8 Å². The van der Waals surface area contributed by atoms with Crippen LogP contribution in [0.3, 0.4) is 0 Å². The number of sulfonamides is 1. The first-order valence-corrected chi connectivity index (χ1v) is 20.1. The van der Waals surface area contributed by atoms with E-state index >= 15 is 0 Å². The summed E-state index contributed by atoms with van der Waals surface area (Å²) in [5.41, 5.74) is -0.521. The van der Waals surface area contributed by atoms with Crippen molar-refractivity contribution in [2.24, 2.45) is 11.3 Å². The monoisotopic (exact) mass is 759 g/mol. The Morgan fingerprint density at radius 2 is 1.60 bits per heavy atom. The van der Waals surface area contributed by atoms with Crippen LogP contribution in [0.25, 0.3) is 0 Å². The van der Waals surface area contributed by atoms with Crippen LogP contribution in [-0.4, -0.2) is 96.5 Å². The highest BCUT2D eigenvalue weighted by atomic mass is 32.2. The molecule has 3 aliphatic heterocycles. The summed E-state index contributed by atoms with van der Waals surface area (Å²) < 4.78 is 50.1. The highest BCUT2D eigenvalue weighted by Gasteiger charge is 2.62. The standard InChI is InChI=1S/C36H49N5O11S/c1-5-22-15-36(22,32(44)39-53(47,48)25-10-11-25)38-30(42)26-14-24(52-34(46)40-16-20-12-27-28(50-19-49-27)13-21(20)17-40)18-41(26)31(43)29(35(2,3)4)37-33(45)51-23-8-6-7-9-23/h12-13,22-26,29H,5-11,14-19H2,1-4H3,(H,37,45)(H,38,42)(H,39,44)/t22-,24+,26?,29+,36-/m0/s1. The number of rotatable bonds is 10. The van der Waals surface area contributed by atoms with Crippen molar-refractivity contribution in [1.29, 1.82) is 0 Å². The summed E-state index contributed by atoms with van der Waals surface area (Å²) in [4.78, 5) is 71.6. The van der Waals surface area contributed by atoms with E-state index in [-0.39, 0.29) is 51.3 Å². The number of nitrogens with one attached hydrogen (secondary N) is 3. The quantitative estimate of drug-likeness (QED) is 0.317. The van der Waals surface area contributed by atoms with Gasteiger partial charge in [-0.15, -0.1) is 0 Å². The van der Waals surface area contributed by atoms with Gasteiger partial charge in [0.15, 0.2) is 11.5 Å². The normalized spacial score (nSPS) is 26.8. The molecule has 5 amide bonds. The third-order valence-electron chi connectivity index (χ3n) is 11.3. The van der Waals surface area contributed by atoms with Crippen LogP contribution in [0.4, 0.5) is 9.59 Å². The van der Waals surface area contributed by atoms with Crippen LogP contribution in [0.1, 0.15) is 96.6 Å². The molecule has 290 valence electrons. The minimum atomic E-state index is -3.89. The predicted molar refractivity (Wildman–Crippen MR) is 187 cm³/mol. The van der Waals surface area contributed by atoms with Crippen LogP contribution in [0.5, 0.6) is 11.5 Å². The van der Waals surface area contributed by atoms with Gasteiger partial charge in [-0.2, -0.15) is 0 Å². The number of nitrogens with zero attached hydrogens (tertiary/aromatic N) is 2. The molecule has 0 bridgehead atoms. The lowest BCUT2D eigenvalue weighted by atomic mass is 9.85. The summed E-state index contributed by atoms with van der Waals surface area (Å²) in [5, 5.41) is 4.91. The Balaban J connectivity index is 1.09. The van der Waals surface area contributed by atoms with Gasteiger partial charge in [0, 0.05) is 19.5 Å². The van der Waals surface area contributed by atoms with E-state index in [0.29, 0.717) is 30.8 Å². The summed E-state index contributed by atoms with van der Waals surface area (Å²) in [6.07, 6.45) is 2.43. The molecule has 53 heavy (non-hydrogen) atoms. The van der Waals surface area contributed by atoms with Crippen molar-refractivity contribution < 1.29 is 51.3 Å². The van der Waals surface area contributed by atoms with E-state index in [0.717, 1.165) is 36.8 Å². The molecule has 0 radical (unpaired) electrons. The van der Waals surface area contributed by atoms with Crippen LogP contribution in [0.2, 0.25) is 0 Å². The van der Waals surface area contributed by atoms with Crippen molar-refractivity contribution in [1.82, 2.24) is 25.2 Å². The Labute approximate surface area is 309 Å². The van der Waals surface area contributed by atoms with Gasteiger partial charge in [0.05, 0.1) is 11.8 Å². The first-order valence-electron chi connectivity index (χ1n) is 18.6. The molecule has 3 saturated carbocycles. The maximum atomic E-state index is 14.5. The van der Waals surface area contributed by atoms with Crippen molar-refractivity contribution in [3.8, 4) is 11.5 Å². The average molecular weight is 760 g/mol. The van der Waals surface area contributed by atoms with Crippen molar-refractivity contribution in [2.45, 2.75) is 134 Å². The van der Waals surface area contributed by atoms with Gasteiger partial charge in [-0.05, 0) is 79.5 Å². The number of hydrogen-bond acceptors (Lipinski definition) is 11. The number of hydrogen-bond donors (Lipinski definition) is 3. The summed E-state index contributed by atoms with van der Waals surface area (Å²) in [5.74, 6) is -1.18. The number of ether oxygens (including phenoxy) is 4. The summed E-state index contributed by atoms with van der Waals surface area (Å²) >= 11 is 0. The first kappa shape index (κ1) is 37.1. The fourth-order valence-corrected chi connectivity index (χ4v) is 9.29. The Morgan fingerprint density at radius 3 is 2.17 bits per heavy atom. The number of likely N-dealkylation sites (tertiary alicyclic amines) is 1. The molecule has 1 aromatic carbocycles. The van der Waals surface area contributed by atoms with Crippen LogP contribution in [0.15, 0.2) is 12.1 Å². The van der Waals surface area contributed by atoms with Crippen LogP contribution in [0, 0.1) is 11.3 Å². The number of amides is 5. The number of carbonyl (C=O) groups is 5. The lowest BCUT2D eigenvalue weighted by molar-refractivity contribution is -0.143. The molecule has 4 fully saturated rings. The highest BCUT2D eigenvalue weighted by Crippen LogP contribution is 2.47. The molecule has 17 heteroatoms. The van der Waals surface area contributed by atoms with E-state index in [4.69, 9.17) is 18.9 Å². The van der Waals surface area contributed by atoms with Gasteiger partial charge in [-0.25, -0.2) is 18.0 Å². The van der Waals surface area contributed by atoms with Crippen molar-refractivity contribution in [3.05, 3.63) is 23.3 Å². The maximum absolute atomic E-state index is 14.5. The topological polar surface area (TPSA) is 199 Å². The minimum Gasteiger partial charge on any atom is -0.454 e. The van der Waals surface area contributed by atoms with Gasteiger partial charge >= 0.3 is 12.2 Å². The molecule has 0 spiro atoms. The molecule has 6 aliphatic rings. The average Bonchev–Trinajstić information content (AvgIpc) is 3.76. The molecule has 5 atom stereocenters. The molecule has 3 heterocycles. The predicted octanol–water partition coefficient (Wildman–Crippen LogP) is 2.81. The molecule has 1 saturated heterocycles. The van der Waals surface area contributed by atoms with E-state index in [1.807, 2.05) is 19.1 Å². The Hall–Kier alpha value is -4.28. The third-order valence-corrected chi connectivity index (χ3v) is 13.1. The summed E-state index contributed by atoms with van der Waals surface area (Å²) in [6, 6.07) is 1.35. The second-order valence-corrected chi connectivity index (χ2v) is 18.2. The second kappa shape index (κ2) is 13.9. The second-order valence-electron chi connectivity index (χ2n) is 16.3. The number of carbonyl (C=O) groups excluding carboxylic acids is 5. The van der Waals surface area contributed by atoms with Gasteiger partial charge in [0.1, 0.15) is 29.8 Å². The van der Waals surface area contributed by atoms with Crippen molar-refractivity contribution in [3.63, 3.8) is 0 Å². The molecular formula is C36H49N5O11S. The van der Waals surface area contributed by atoms with E-state index in [9.17, 15) is 32.4 Å². The van der Waals surface area contributed by atoms with E-state index < -0.39 is 74.3 Å². The fraction of sp³-hybridized carbons (Fsp3) is 0.694. The summed E-state index contributed by atoms with van der Waals surface area (Å²) in [7, 11) is -3.89. The molecule has 1 aromatic rings. The first-order chi connectivity index (χ1) is 25.1. The largest absolute Gasteiger partial charge is 0.454 e. The van der Waals surface area contributed by atoms with Crippen molar-refractivity contribution >= 4 is 39.9 Å². The zero-order valence-electron chi connectivity index (χ0n) is 30.6. The van der Waals surface area contributed by atoms with Gasteiger partial charge in [0.2, 0.25) is 28.6 Å².